The van der Waals surface area contributed by atoms with Gasteiger partial charge in [0, 0.05) is 5.69 Å². The van der Waals surface area contributed by atoms with Crippen molar-refractivity contribution in [2.45, 2.75) is 13.1 Å². The molecule has 1 aromatic heterocycles. The quantitative estimate of drug-likeness (QED) is 0.899. The summed E-state index contributed by atoms with van der Waals surface area (Å²) in [5, 5.41) is 10.3. The van der Waals surface area contributed by atoms with Gasteiger partial charge in [-0.3, -0.25) is 0 Å². The molecule has 0 aliphatic rings. The molecule has 2 aromatic rings. The molecule has 0 saturated carbocycles. The second kappa shape index (κ2) is 5.05. The SMILES string of the molecule is Cc1ccc(C(F)(F)F)cc1Nc1ccc(Cl)nn1. The zero-order valence-electron chi connectivity index (χ0n) is 9.79. The van der Waals surface area contributed by atoms with Crippen LogP contribution in [0.25, 0.3) is 0 Å². The Morgan fingerprint density at radius 1 is 1.11 bits per heavy atom. The summed E-state index contributed by atoms with van der Waals surface area (Å²) < 4.78 is 37.9. The molecule has 0 spiro atoms. The van der Waals surface area contributed by atoms with E-state index in [4.69, 9.17) is 11.6 Å². The normalized spacial score (nSPS) is 11.4. The number of aryl methyl sites for hydroxylation is 1. The molecule has 19 heavy (non-hydrogen) atoms. The van der Waals surface area contributed by atoms with Crippen LogP contribution in [-0.2, 0) is 6.18 Å². The van der Waals surface area contributed by atoms with Gasteiger partial charge in [0.2, 0.25) is 0 Å². The van der Waals surface area contributed by atoms with Gasteiger partial charge in [-0.2, -0.15) is 13.2 Å². The van der Waals surface area contributed by atoms with Crippen LogP contribution in [0, 0.1) is 6.92 Å². The highest BCUT2D eigenvalue weighted by atomic mass is 35.5. The van der Waals surface area contributed by atoms with Crippen molar-refractivity contribution >= 4 is 23.1 Å². The lowest BCUT2D eigenvalue weighted by molar-refractivity contribution is -0.137. The molecule has 0 saturated heterocycles. The summed E-state index contributed by atoms with van der Waals surface area (Å²) in [6.45, 7) is 1.70. The van der Waals surface area contributed by atoms with E-state index in [2.05, 4.69) is 15.5 Å². The van der Waals surface area contributed by atoms with Gasteiger partial charge in [-0.05, 0) is 36.8 Å². The van der Waals surface area contributed by atoms with Crippen molar-refractivity contribution in [2.75, 3.05) is 5.32 Å². The Morgan fingerprint density at radius 2 is 1.84 bits per heavy atom. The molecule has 1 aromatic carbocycles. The van der Waals surface area contributed by atoms with E-state index in [9.17, 15) is 13.2 Å². The first-order chi connectivity index (χ1) is 8.86. The van der Waals surface area contributed by atoms with Crippen LogP contribution in [0.15, 0.2) is 30.3 Å². The maximum atomic E-state index is 12.6. The average Bonchev–Trinajstić information content (AvgIpc) is 2.33. The lowest BCUT2D eigenvalue weighted by Gasteiger charge is -2.12. The van der Waals surface area contributed by atoms with Gasteiger partial charge in [-0.15, -0.1) is 10.2 Å². The molecule has 1 N–H and O–H groups in total. The highest BCUT2D eigenvalue weighted by molar-refractivity contribution is 6.29. The summed E-state index contributed by atoms with van der Waals surface area (Å²) in [4.78, 5) is 0. The van der Waals surface area contributed by atoms with Crippen LogP contribution in [0.4, 0.5) is 24.7 Å². The van der Waals surface area contributed by atoms with E-state index < -0.39 is 11.7 Å². The van der Waals surface area contributed by atoms with Crippen molar-refractivity contribution < 1.29 is 13.2 Å². The number of anilines is 2. The number of nitrogens with one attached hydrogen (secondary N) is 1. The first-order valence-electron chi connectivity index (χ1n) is 5.30. The fourth-order valence-corrected chi connectivity index (χ4v) is 1.55. The van der Waals surface area contributed by atoms with E-state index in [1.807, 2.05) is 0 Å². The van der Waals surface area contributed by atoms with E-state index in [1.54, 1.807) is 6.92 Å². The third-order valence-electron chi connectivity index (χ3n) is 2.46. The maximum Gasteiger partial charge on any atom is 0.416 e. The number of aromatic nitrogens is 2. The predicted molar refractivity (Wildman–Crippen MR) is 66.5 cm³/mol. The molecule has 0 unspecified atom stereocenters. The molecule has 0 radical (unpaired) electrons. The topological polar surface area (TPSA) is 37.8 Å². The number of benzene rings is 1. The second-order valence-electron chi connectivity index (χ2n) is 3.89. The smallest absolute Gasteiger partial charge is 0.339 e. The standard InChI is InChI=1S/C12H9ClF3N3/c1-7-2-3-8(12(14,15)16)6-9(7)17-11-5-4-10(13)18-19-11/h2-6H,1H3,(H,17,19). The third kappa shape index (κ3) is 3.35. The molecular formula is C12H9ClF3N3. The predicted octanol–water partition coefficient (Wildman–Crippen LogP) is 4.20. The summed E-state index contributed by atoms with van der Waals surface area (Å²) in [5.74, 6) is 0.326. The summed E-state index contributed by atoms with van der Waals surface area (Å²) in [5.41, 5.74) is 0.277. The van der Waals surface area contributed by atoms with Crippen LogP contribution in [-0.4, -0.2) is 10.2 Å². The number of rotatable bonds is 2. The van der Waals surface area contributed by atoms with Crippen molar-refractivity contribution in [1.29, 1.82) is 0 Å². The highest BCUT2D eigenvalue weighted by Gasteiger charge is 2.30. The first-order valence-corrected chi connectivity index (χ1v) is 5.68. The number of halogens is 4. The summed E-state index contributed by atoms with van der Waals surface area (Å²) in [6, 6.07) is 6.50. The number of nitrogens with zero attached hydrogens (tertiary/aromatic N) is 2. The van der Waals surface area contributed by atoms with Crippen LogP contribution in [0.1, 0.15) is 11.1 Å². The molecule has 3 nitrogen and oxygen atoms in total. The van der Waals surface area contributed by atoms with Crippen LogP contribution >= 0.6 is 11.6 Å². The Balaban J connectivity index is 2.31. The fraction of sp³-hybridized carbons (Fsp3) is 0.167. The van der Waals surface area contributed by atoms with E-state index in [0.29, 0.717) is 17.1 Å². The molecule has 0 aliphatic carbocycles. The first kappa shape index (κ1) is 13.6. The molecule has 0 aliphatic heterocycles. The number of hydrogen-bond acceptors (Lipinski definition) is 3. The average molecular weight is 288 g/mol. The van der Waals surface area contributed by atoms with Crippen LogP contribution in [0.5, 0.6) is 0 Å². The van der Waals surface area contributed by atoms with Gasteiger partial charge in [0.05, 0.1) is 5.56 Å². The van der Waals surface area contributed by atoms with E-state index in [0.717, 1.165) is 12.1 Å². The van der Waals surface area contributed by atoms with Crippen molar-refractivity contribution in [1.82, 2.24) is 10.2 Å². The molecule has 2 rings (SSSR count). The number of alkyl halides is 3. The fourth-order valence-electron chi connectivity index (χ4n) is 1.45. The molecule has 0 atom stereocenters. The van der Waals surface area contributed by atoms with Gasteiger partial charge in [0.15, 0.2) is 11.0 Å². The Morgan fingerprint density at radius 3 is 2.42 bits per heavy atom. The van der Waals surface area contributed by atoms with Gasteiger partial charge in [-0.1, -0.05) is 17.7 Å². The van der Waals surface area contributed by atoms with E-state index in [1.165, 1.54) is 18.2 Å². The summed E-state index contributed by atoms with van der Waals surface area (Å²) in [6.07, 6.45) is -4.38. The summed E-state index contributed by atoms with van der Waals surface area (Å²) in [7, 11) is 0. The van der Waals surface area contributed by atoms with Gasteiger partial charge in [-0.25, -0.2) is 0 Å². The highest BCUT2D eigenvalue weighted by Crippen LogP contribution is 2.32. The van der Waals surface area contributed by atoms with E-state index in [-0.39, 0.29) is 5.15 Å². The van der Waals surface area contributed by atoms with Crippen LogP contribution < -0.4 is 5.32 Å². The maximum absolute atomic E-state index is 12.6. The Labute approximate surface area is 112 Å². The van der Waals surface area contributed by atoms with Crippen molar-refractivity contribution in [3.63, 3.8) is 0 Å². The Bertz CT molecular complexity index is 582. The zero-order chi connectivity index (χ0) is 14.0. The molecule has 0 bridgehead atoms. The van der Waals surface area contributed by atoms with E-state index >= 15 is 0 Å². The van der Waals surface area contributed by atoms with Gasteiger partial charge >= 0.3 is 6.18 Å². The summed E-state index contributed by atoms with van der Waals surface area (Å²) >= 11 is 5.58. The van der Waals surface area contributed by atoms with Gasteiger partial charge < -0.3 is 5.32 Å². The largest absolute Gasteiger partial charge is 0.416 e. The minimum absolute atomic E-state index is 0.214. The monoisotopic (exact) mass is 287 g/mol. The molecular weight excluding hydrogens is 279 g/mol. The third-order valence-corrected chi connectivity index (χ3v) is 2.66. The second-order valence-corrected chi connectivity index (χ2v) is 4.28. The minimum Gasteiger partial charge on any atom is -0.339 e. The van der Waals surface area contributed by atoms with Gasteiger partial charge in [0.25, 0.3) is 0 Å². The lowest BCUT2D eigenvalue weighted by Crippen LogP contribution is -2.06. The van der Waals surface area contributed by atoms with Crippen molar-refractivity contribution in [3.8, 4) is 0 Å². The molecule has 1 heterocycles. The lowest BCUT2D eigenvalue weighted by atomic mass is 10.1. The van der Waals surface area contributed by atoms with Crippen LogP contribution in [0.2, 0.25) is 5.15 Å². The minimum atomic E-state index is -4.38. The molecule has 0 fully saturated rings. The van der Waals surface area contributed by atoms with Gasteiger partial charge in [0.1, 0.15) is 0 Å². The Kier molecular flexibility index (Phi) is 3.61. The Hall–Kier alpha value is -1.82. The van der Waals surface area contributed by atoms with Crippen LogP contribution in [0.3, 0.4) is 0 Å². The zero-order valence-corrected chi connectivity index (χ0v) is 10.5. The van der Waals surface area contributed by atoms with Crippen molar-refractivity contribution in [2.24, 2.45) is 0 Å². The van der Waals surface area contributed by atoms with Crippen molar-refractivity contribution in [3.05, 3.63) is 46.6 Å². The molecule has 100 valence electrons. The molecule has 0 amide bonds. The number of hydrogen-bond donors (Lipinski definition) is 1. The molecule has 7 heteroatoms.